The minimum atomic E-state index is -2.69. The van der Waals surface area contributed by atoms with Crippen LogP contribution in [0.25, 0.3) is 0 Å². The molecule has 7 nitrogen and oxygen atoms in total. The first-order valence-electron chi connectivity index (χ1n) is 7.84. The van der Waals surface area contributed by atoms with Gasteiger partial charge in [-0.15, -0.1) is 0 Å². The van der Waals surface area contributed by atoms with Crippen molar-refractivity contribution in [3.63, 3.8) is 0 Å². The molecule has 1 unspecified atom stereocenters. The number of carbonyl (C=O) groups is 2. The van der Waals surface area contributed by atoms with Crippen molar-refractivity contribution >= 4 is 20.7 Å². The van der Waals surface area contributed by atoms with E-state index in [0.29, 0.717) is 18.9 Å². The predicted octanol–water partition coefficient (Wildman–Crippen LogP) is 2.04. The van der Waals surface area contributed by atoms with Crippen LogP contribution < -0.4 is 5.32 Å². The first-order valence-corrected chi connectivity index (χ1v) is 9.77. The van der Waals surface area contributed by atoms with Crippen LogP contribution in [0.4, 0.5) is 0 Å². The van der Waals surface area contributed by atoms with Crippen LogP contribution in [0.1, 0.15) is 46.5 Å². The molecule has 0 radical (unpaired) electrons. The fourth-order valence-corrected chi connectivity index (χ4v) is 3.93. The summed E-state index contributed by atoms with van der Waals surface area (Å²) in [6.45, 7) is 5.81. The zero-order chi connectivity index (χ0) is 18.1. The van der Waals surface area contributed by atoms with E-state index in [1.54, 1.807) is 0 Å². The van der Waals surface area contributed by atoms with Crippen LogP contribution in [0.3, 0.4) is 0 Å². The van der Waals surface area contributed by atoms with E-state index in [1.807, 2.05) is 20.8 Å². The Balaban J connectivity index is 4.74. The Labute approximate surface area is 140 Å². The quantitative estimate of drug-likeness (QED) is 0.524. The van der Waals surface area contributed by atoms with Gasteiger partial charge in [0.05, 0.1) is 6.42 Å². The van der Waals surface area contributed by atoms with Crippen molar-refractivity contribution in [3.8, 4) is 0 Å². The maximum absolute atomic E-state index is 12.4. The summed E-state index contributed by atoms with van der Waals surface area (Å²) in [5.41, 5.74) is -0.349. The number of carbonyl (C=O) groups excluding carboxylic acids is 1. The Morgan fingerprint density at radius 2 is 1.70 bits per heavy atom. The second kappa shape index (κ2) is 10.0. The maximum Gasteiger partial charge on any atom is 0.500 e. The summed E-state index contributed by atoms with van der Waals surface area (Å²) in [6.07, 6.45) is 1.63. The Kier molecular flexibility index (Phi) is 9.60. The fourth-order valence-electron chi connectivity index (χ4n) is 2.18. The zero-order valence-corrected chi connectivity index (χ0v) is 16.1. The van der Waals surface area contributed by atoms with Crippen LogP contribution in [-0.2, 0) is 22.9 Å². The zero-order valence-electron chi connectivity index (χ0n) is 15.1. The van der Waals surface area contributed by atoms with E-state index in [1.165, 1.54) is 21.3 Å². The molecule has 0 aliphatic rings. The highest BCUT2D eigenvalue weighted by atomic mass is 28.4. The molecule has 0 saturated carbocycles. The van der Waals surface area contributed by atoms with Gasteiger partial charge in [-0.1, -0.05) is 6.92 Å². The number of aliphatic carboxylic acids is 1. The summed E-state index contributed by atoms with van der Waals surface area (Å²) in [7, 11) is 1.90. The molecule has 1 atom stereocenters. The first-order chi connectivity index (χ1) is 10.6. The van der Waals surface area contributed by atoms with Gasteiger partial charge in [0.1, 0.15) is 0 Å². The Morgan fingerprint density at radius 1 is 1.17 bits per heavy atom. The molecule has 0 aromatic heterocycles. The number of rotatable bonds is 12. The molecule has 0 saturated heterocycles. The number of nitrogens with one attached hydrogen (secondary N) is 1. The third-order valence-electron chi connectivity index (χ3n) is 4.11. The summed E-state index contributed by atoms with van der Waals surface area (Å²) in [6, 6.07) is 0.539. The summed E-state index contributed by atoms with van der Waals surface area (Å²) >= 11 is 0. The molecule has 1 amide bonds. The molecule has 0 aromatic carbocycles. The van der Waals surface area contributed by atoms with Crippen LogP contribution in [0, 0.1) is 5.92 Å². The number of hydrogen-bond acceptors (Lipinski definition) is 5. The molecule has 0 aliphatic heterocycles. The molecule has 0 aliphatic carbocycles. The predicted molar refractivity (Wildman–Crippen MR) is 89.1 cm³/mol. The van der Waals surface area contributed by atoms with Crippen molar-refractivity contribution in [2.45, 2.75) is 58.0 Å². The van der Waals surface area contributed by atoms with Crippen molar-refractivity contribution in [2.75, 3.05) is 21.3 Å². The average molecular weight is 350 g/mol. The number of hydrogen-bond donors (Lipinski definition) is 2. The number of amides is 1. The second-order valence-corrected chi connectivity index (χ2v) is 9.30. The minimum Gasteiger partial charge on any atom is -0.481 e. The van der Waals surface area contributed by atoms with Crippen LogP contribution >= 0.6 is 0 Å². The number of carboxylic acid groups (broad SMARTS) is 1. The summed E-state index contributed by atoms with van der Waals surface area (Å²) in [4.78, 5) is 23.4. The van der Waals surface area contributed by atoms with Gasteiger partial charge in [-0.05, 0) is 33.1 Å². The first kappa shape index (κ1) is 22.0. The van der Waals surface area contributed by atoms with E-state index in [9.17, 15) is 9.59 Å². The highest BCUT2D eigenvalue weighted by Crippen LogP contribution is 2.21. The van der Waals surface area contributed by atoms with Crippen molar-refractivity contribution in [1.29, 1.82) is 0 Å². The molecule has 0 fully saturated rings. The summed E-state index contributed by atoms with van der Waals surface area (Å²) < 4.78 is 16.0. The Bertz CT molecular complexity index is 376. The lowest BCUT2D eigenvalue weighted by Crippen LogP contribution is -2.46. The standard InChI is InChI=1S/C15H31NO6Si/c1-7-15(2,3)16-14(19)12(11-13(17)18)9-8-10-23(20-4,21-5)22-6/h12H,7-11H2,1-6H3,(H,16,19)(H,17,18). The normalized spacial score (nSPS) is 13.7. The third-order valence-corrected chi connectivity index (χ3v) is 6.94. The lowest BCUT2D eigenvalue weighted by atomic mass is 9.95. The topological polar surface area (TPSA) is 94.1 Å². The number of carboxylic acids is 1. The van der Waals surface area contributed by atoms with E-state index < -0.39 is 20.7 Å². The maximum atomic E-state index is 12.4. The van der Waals surface area contributed by atoms with Gasteiger partial charge in [-0.25, -0.2) is 0 Å². The molecule has 8 heteroatoms. The molecule has 23 heavy (non-hydrogen) atoms. The second-order valence-electron chi connectivity index (χ2n) is 6.21. The van der Waals surface area contributed by atoms with Crippen LogP contribution in [-0.4, -0.2) is 52.7 Å². The van der Waals surface area contributed by atoms with Crippen molar-refractivity contribution in [2.24, 2.45) is 5.92 Å². The molecular weight excluding hydrogens is 318 g/mol. The van der Waals surface area contributed by atoms with Gasteiger partial charge in [0.15, 0.2) is 0 Å². The molecular formula is C15H31NO6Si. The Morgan fingerprint density at radius 3 is 2.09 bits per heavy atom. The smallest absolute Gasteiger partial charge is 0.481 e. The van der Waals surface area contributed by atoms with Gasteiger partial charge >= 0.3 is 14.8 Å². The van der Waals surface area contributed by atoms with Gasteiger partial charge < -0.3 is 23.7 Å². The molecule has 0 aromatic rings. The van der Waals surface area contributed by atoms with E-state index >= 15 is 0 Å². The lowest BCUT2D eigenvalue weighted by molar-refractivity contribution is -0.141. The Hall–Kier alpha value is -0.963. The molecule has 0 heterocycles. The largest absolute Gasteiger partial charge is 0.500 e. The van der Waals surface area contributed by atoms with Crippen LogP contribution in [0.15, 0.2) is 0 Å². The summed E-state index contributed by atoms with van der Waals surface area (Å²) in [5.74, 6) is -1.78. The van der Waals surface area contributed by atoms with E-state index in [-0.39, 0.29) is 17.9 Å². The average Bonchev–Trinajstić information content (AvgIpc) is 2.50. The van der Waals surface area contributed by atoms with Crippen LogP contribution in [0.2, 0.25) is 6.04 Å². The van der Waals surface area contributed by atoms with E-state index in [4.69, 9.17) is 18.4 Å². The molecule has 2 N–H and O–H groups in total. The minimum absolute atomic E-state index is 0.187. The van der Waals surface area contributed by atoms with Gasteiger partial charge in [0, 0.05) is 38.8 Å². The van der Waals surface area contributed by atoms with Crippen molar-refractivity contribution in [3.05, 3.63) is 0 Å². The lowest BCUT2D eigenvalue weighted by Gasteiger charge is -2.28. The SMILES string of the molecule is CCC(C)(C)NC(=O)C(CCC[Si](OC)(OC)OC)CC(=O)O. The van der Waals surface area contributed by atoms with Crippen molar-refractivity contribution < 1.29 is 28.0 Å². The van der Waals surface area contributed by atoms with Crippen LogP contribution in [0.5, 0.6) is 0 Å². The van der Waals surface area contributed by atoms with E-state index in [0.717, 1.165) is 6.42 Å². The monoisotopic (exact) mass is 349 g/mol. The van der Waals surface area contributed by atoms with Gasteiger partial charge in [-0.3, -0.25) is 9.59 Å². The van der Waals surface area contributed by atoms with Crippen molar-refractivity contribution in [1.82, 2.24) is 5.32 Å². The molecule has 0 rings (SSSR count). The molecule has 0 spiro atoms. The fraction of sp³-hybridized carbons (Fsp3) is 0.867. The van der Waals surface area contributed by atoms with Gasteiger partial charge in [-0.2, -0.15) is 0 Å². The highest BCUT2D eigenvalue weighted by Gasteiger charge is 2.37. The summed E-state index contributed by atoms with van der Waals surface area (Å²) in [5, 5.41) is 12.0. The molecule has 0 bridgehead atoms. The van der Waals surface area contributed by atoms with E-state index in [2.05, 4.69) is 5.32 Å². The molecule has 136 valence electrons. The third kappa shape index (κ3) is 7.91. The highest BCUT2D eigenvalue weighted by molar-refractivity contribution is 6.60. The van der Waals surface area contributed by atoms with Gasteiger partial charge in [0.25, 0.3) is 0 Å². The van der Waals surface area contributed by atoms with Gasteiger partial charge in [0.2, 0.25) is 5.91 Å².